The van der Waals surface area contributed by atoms with Gasteiger partial charge < -0.3 is 5.11 Å². The Kier molecular flexibility index (Phi) is 3.11. The molecule has 1 nitrogen and oxygen atoms in total. The number of fused-ring (bicyclic) bond motifs is 1. The third kappa shape index (κ3) is 2.07. The van der Waals surface area contributed by atoms with Gasteiger partial charge in [0.25, 0.3) is 0 Å². The van der Waals surface area contributed by atoms with Crippen LogP contribution >= 0.6 is 0 Å². The summed E-state index contributed by atoms with van der Waals surface area (Å²) in [5, 5.41) is 9.73. The van der Waals surface area contributed by atoms with Gasteiger partial charge in [0, 0.05) is 0 Å². The number of hydrogen-bond acceptors (Lipinski definition) is 1. The van der Waals surface area contributed by atoms with Crippen molar-refractivity contribution in [2.45, 2.75) is 51.6 Å². The van der Waals surface area contributed by atoms with E-state index in [1.54, 1.807) is 0 Å². The lowest BCUT2D eigenvalue weighted by Gasteiger charge is -2.25. The highest BCUT2D eigenvalue weighted by molar-refractivity contribution is 5.39. The molecular weight excluding hydrogens is 184 g/mol. The molecule has 0 bridgehead atoms. The molecule has 1 aliphatic rings. The summed E-state index contributed by atoms with van der Waals surface area (Å²) >= 11 is 0. The lowest BCUT2D eigenvalue weighted by Crippen LogP contribution is -2.20. The molecule has 0 radical (unpaired) electrons. The molecule has 2 atom stereocenters. The maximum Gasteiger partial charge on any atom is 0.0583 e. The fraction of sp³-hybridized carbons (Fsp3) is 0.571. The first-order valence-corrected chi connectivity index (χ1v) is 6.01. The van der Waals surface area contributed by atoms with Gasteiger partial charge in [0.1, 0.15) is 0 Å². The Morgan fingerprint density at radius 2 is 2.27 bits per heavy atom. The molecule has 0 fully saturated rings. The zero-order valence-electron chi connectivity index (χ0n) is 9.66. The maximum atomic E-state index is 9.73. The molecule has 0 amide bonds. The Labute approximate surface area is 92.1 Å². The highest BCUT2D eigenvalue weighted by Gasteiger charge is 2.20. The number of benzene rings is 1. The molecule has 0 spiro atoms. The monoisotopic (exact) mass is 204 g/mol. The van der Waals surface area contributed by atoms with Gasteiger partial charge in [-0.05, 0) is 48.3 Å². The Morgan fingerprint density at radius 1 is 1.47 bits per heavy atom. The van der Waals surface area contributed by atoms with Crippen LogP contribution in [-0.4, -0.2) is 11.2 Å². The van der Waals surface area contributed by atoms with Crippen molar-refractivity contribution in [1.82, 2.24) is 0 Å². The predicted molar refractivity (Wildman–Crippen MR) is 63.2 cm³/mol. The molecule has 1 aliphatic carbocycles. The van der Waals surface area contributed by atoms with E-state index >= 15 is 0 Å². The summed E-state index contributed by atoms with van der Waals surface area (Å²) in [4.78, 5) is 0. The lowest BCUT2D eigenvalue weighted by molar-refractivity contribution is 0.158. The van der Waals surface area contributed by atoms with Gasteiger partial charge in [0.2, 0.25) is 0 Å². The molecule has 0 saturated heterocycles. The van der Waals surface area contributed by atoms with Gasteiger partial charge >= 0.3 is 0 Å². The molecular formula is C14H20O. The van der Waals surface area contributed by atoms with Crippen molar-refractivity contribution in [2.75, 3.05) is 0 Å². The number of aliphatic hydroxyl groups excluding tert-OH is 1. The Balaban J connectivity index is 2.39. The molecule has 0 saturated carbocycles. The van der Waals surface area contributed by atoms with Crippen molar-refractivity contribution >= 4 is 0 Å². The van der Waals surface area contributed by atoms with Crippen LogP contribution in [0.5, 0.6) is 0 Å². The first-order chi connectivity index (χ1) is 7.22. The molecule has 0 aromatic heterocycles. The van der Waals surface area contributed by atoms with Crippen molar-refractivity contribution in [3.8, 4) is 0 Å². The van der Waals surface area contributed by atoms with Crippen molar-refractivity contribution in [2.24, 2.45) is 0 Å². The predicted octanol–water partition coefficient (Wildman–Crippen LogP) is 3.05. The van der Waals surface area contributed by atoms with E-state index in [2.05, 4.69) is 32.0 Å². The summed E-state index contributed by atoms with van der Waals surface area (Å²) in [6.45, 7) is 4.50. The van der Waals surface area contributed by atoms with Gasteiger partial charge in [0.05, 0.1) is 6.10 Å². The summed E-state index contributed by atoms with van der Waals surface area (Å²) in [6, 6.07) is 6.61. The molecule has 15 heavy (non-hydrogen) atoms. The lowest BCUT2D eigenvalue weighted by atomic mass is 9.82. The standard InChI is InChI=1S/C14H20O/c1-3-10(2)13-6-4-5-11-7-8-12(15)9-14(11)13/h4-6,10,12,15H,3,7-9H2,1-2H3. The maximum absolute atomic E-state index is 9.73. The third-order valence-electron chi connectivity index (χ3n) is 3.64. The Morgan fingerprint density at radius 3 is 3.00 bits per heavy atom. The van der Waals surface area contributed by atoms with E-state index in [9.17, 15) is 5.11 Å². The SMILES string of the molecule is CCC(C)c1cccc2c1CC(O)CC2. The van der Waals surface area contributed by atoms with Crippen LogP contribution in [0.4, 0.5) is 0 Å². The van der Waals surface area contributed by atoms with Crippen LogP contribution in [0.2, 0.25) is 0 Å². The van der Waals surface area contributed by atoms with E-state index in [1.165, 1.54) is 23.1 Å². The summed E-state index contributed by atoms with van der Waals surface area (Å²) in [5.41, 5.74) is 4.33. The van der Waals surface area contributed by atoms with E-state index in [0.717, 1.165) is 19.3 Å². The van der Waals surface area contributed by atoms with Crippen molar-refractivity contribution in [3.05, 3.63) is 34.9 Å². The fourth-order valence-corrected chi connectivity index (χ4v) is 2.48. The van der Waals surface area contributed by atoms with Crippen LogP contribution < -0.4 is 0 Å². The minimum absolute atomic E-state index is 0.122. The van der Waals surface area contributed by atoms with Crippen LogP contribution in [0.15, 0.2) is 18.2 Å². The Hall–Kier alpha value is -0.820. The minimum Gasteiger partial charge on any atom is -0.393 e. The van der Waals surface area contributed by atoms with Crippen molar-refractivity contribution in [3.63, 3.8) is 0 Å². The van der Waals surface area contributed by atoms with Gasteiger partial charge in [-0.2, -0.15) is 0 Å². The van der Waals surface area contributed by atoms with E-state index in [1.807, 2.05) is 0 Å². The first kappa shape index (κ1) is 10.7. The van der Waals surface area contributed by atoms with E-state index in [4.69, 9.17) is 0 Å². The quantitative estimate of drug-likeness (QED) is 0.785. The second kappa shape index (κ2) is 4.36. The largest absolute Gasteiger partial charge is 0.393 e. The summed E-state index contributed by atoms with van der Waals surface area (Å²) in [7, 11) is 0. The molecule has 1 N–H and O–H groups in total. The average Bonchev–Trinajstić information content (AvgIpc) is 2.27. The Bertz CT molecular complexity index is 343. The van der Waals surface area contributed by atoms with Gasteiger partial charge in [-0.15, -0.1) is 0 Å². The van der Waals surface area contributed by atoms with Crippen molar-refractivity contribution in [1.29, 1.82) is 0 Å². The summed E-state index contributed by atoms with van der Waals surface area (Å²) in [5.74, 6) is 0.616. The molecule has 0 aliphatic heterocycles. The van der Waals surface area contributed by atoms with Gasteiger partial charge in [0.15, 0.2) is 0 Å². The molecule has 2 unspecified atom stereocenters. The van der Waals surface area contributed by atoms with Gasteiger partial charge in [-0.1, -0.05) is 32.0 Å². The fourth-order valence-electron chi connectivity index (χ4n) is 2.48. The molecule has 1 heteroatoms. The number of aryl methyl sites for hydroxylation is 1. The van der Waals surface area contributed by atoms with Crippen LogP contribution in [0.25, 0.3) is 0 Å². The average molecular weight is 204 g/mol. The van der Waals surface area contributed by atoms with E-state index in [0.29, 0.717) is 5.92 Å². The smallest absolute Gasteiger partial charge is 0.0583 e. The molecule has 1 aromatic rings. The van der Waals surface area contributed by atoms with Gasteiger partial charge in [-0.25, -0.2) is 0 Å². The number of rotatable bonds is 2. The molecule has 82 valence electrons. The number of aliphatic hydroxyl groups is 1. The van der Waals surface area contributed by atoms with Gasteiger partial charge in [-0.3, -0.25) is 0 Å². The van der Waals surface area contributed by atoms with Crippen LogP contribution in [0.3, 0.4) is 0 Å². The van der Waals surface area contributed by atoms with E-state index < -0.39 is 0 Å². The molecule has 0 heterocycles. The van der Waals surface area contributed by atoms with Crippen LogP contribution in [0, 0.1) is 0 Å². The zero-order valence-corrected chi connectivity index (χ0v) is 9.66. The topological polar surface area (TPSA) is 20.2 Å². The first-order valence-electron chi connectivity index (χ1n) is 6.01. The van der Waals surface area contributed by atoms with Crippen LogP contribution in [0.1, 0.15) is 49.3 Å². The highest BCUT2D eigenvalue weighted by atomic mass is 16.3. The molecule has 2 rings (SSSR count). The highest BCUT2D eigenvalue weighted by Crippen LogP contribution is 2.30. The molecule has 1 aromatic carbocycles. The zero-order chi connectivity index (χ0) is 10.8. The number of hydrogen-bond donors (Lipinski definition) is 1. The second-order valence-electron chi connectivity index (χ2n) is 4.69. The summed E-state index contributed by atoms with van der Waals surface area (Å²) in [6.07, 6.45) is 3.88. The minimum atomic E-state index is -0.122. The van der Waals surface area contributed by atoms with E-state index in [-0.39, 0.29) is 6.10 Å². The van der Waals surface area contributed by atoms with Crippen LogP contribution in [-0.2, 0) is 12.8 Å². The van der Waals surface area contributed by atoms with Crippen molar-refractivity contribution < 1.29 is 5.11 Å². The third-order valence-corrected chi connectivity index (χ3v) is 3.64. The normalized spacial score (nSPS) is 22.2. The second-order valence-corrected chi connectivity index (χ2v) is 4.69. The summed E-state index contributed by atoms with van der Waals surface area (Å²) < 4.78 is 0.